The number of nitrogen functional groups attached to an aromatic ring is 1. The minimum absolute atomic E-state index is 0.441. The topological polar surface area (TPSA) is 67.1 Å². The second kappa shape index (κ2) is 4.55. The van der Waals surface area contributed by atoms with Crippen LogP contribution in [0, 0.1) is 0 Å². The van der Waals surface area contributed by atoms with Crippen molar-refractivity contribution in [3.8, 4) is 0 Å². The molecule has 1 aromatic heterocycles. The predicted molar refractivity (Wildman–Crippen MR) is 68.4 cm³/mol. The van der Waals surface area contributed by atoms with Gasteiger partial charge in [0.2, 0.25) is 0 Å². The lowest BCUT2D eigenvalue weighted by Crippen LogP contribution is -2.54. The van der Waals surface area contributed by atoms with Crippen molar-refractivity contribution in [2.75, 3.05) is 23.7 Å². The minimum atomic E-state index is 0.441. The molecule has 1 aromatic rings. The zero-order valence-electron chi connectivity index (χ0n) is 9.44. The molecule has 1 fully saturated rings. The molecule has 1 saturated heterocycles. The van der Waals surface area contributed by atoms with Gasteiger partial charge in [0, 0.05) is 25.2 Å². The van der Waals surface area contributed by atoms with Crippen LogP contribution in [0.15, 0.2) is 10.8 Å². The van der Waals surface area contributed by atoms with Crippen LogP contribution in [-0.4, -0.2) is 35.1 Å². The maximum absolute atomic E-state index is 5.73. The minimum Gasteiger partial charge on any atom is -0.381 e. The molecule has 0 amide bonds. The normalized spacial score (nSPS) is 25.8. The van der Waals surface area contributed by atoms with Gasteiger partial charge in [-0.2, -0.15) is 0 Å². The van der Waals surface area contributed by atoms with Crippen molar-refractivity contribution in [2.24, 2.45) is 0 Å². The van der Waals surface area contributed by atoms with Gasteiger partial charge >= 0.3 is 0 Å². The van der Waals surface area contributed by atoms with Crippen molar-refractivity contribution in [3.63, 3.8) is 0 Å². The second-order valence-electron chi connectivity index (χ2n) is 4.28. The van der Waals surface area contributed by atoms with E-state index in [4.69, 9.17) is 5.73 Å². The lowest BCUT2D eigenvalue weighted by atomic mass is 10.1. The van der Waals surface area contributed by atoms with E-state index < -0.39 is 0 Å². The first-order chi connectivity index (χ1) is 7.56. The molecule has 0 bridgehead atoms. The first kappa shape index (κ1) is 11.6. The molecule has 0 spiro atoms. The summed E-state index contributed by atoms with van der Waals surface area (Å²) in [6.07, 6.45) is 1.76. The number of nitrogens with zero attached hydrogens (tertiary/aromatic N) is 3. The largest absolute Gasteiger partial charge is 0.381 e. The molecular formula is C10H16BrN5. The van der Waals surface area contributed by atoms with Crippen LogP contribution in [0.25, 0.3) is 0 Å². The van der Waals surface area contributed by atoms with Crippen LogP contribution in [0.3, 0.4) is 0 Å². The van der Waals surface area contributed by atoms with Crippen LogP contribution in [0.1, 0.15) is 13.8 Å². The number of rotatable bonds is 1. The summed E-state index contributed by atoms with van der Waals surface area (Å²) in [5.74, 6) is 1.29. The van der Waals surface area contributed by atoms with Crippen LogP contribution in [-0.2, 0) is 0 Å². The Morgan fingerprint density at radius 1 is 1.44 bits per heavy atom. The van der Waals surface area contributed by atoms with Crippen LogP contribution in [0.5, 0.6) is 0 Å². The molecule has 0 radical (unpaired) electrons. The molecule has 0 saturated carbocycles. The first-order valence-corrected chi connectivity index (χ1v) is 6.14. The number of aromatic nitrogens is 2. The van der Waals surface area contributed by atoms with Gasteiger partial charge in [0.15, 0.2) is 5.82 Å². The number of nitrogens with one attached hydrogen (secondary N) is 1. The summed E-state index contributed by atoms with van der Waals surface area (Å²) >= 11 is 3.25. The van der Waals surface area contributed by atoms with Gasteiger partial charge < -0.3 is 16.0 Å². The average molecular weight is 286 g/mol. The molecular weight excluding hydrogens is 270 g/mol. The molecule has 88 valence electrons. The SMILES string of the molecule is C[C@@H]1CN(c2cnc(Br)c(N)n2)C[C@H](C)N1. The molecule has 0 aliphatic carbocycles. The summed E-state index contributed by atoms with van der Waals surface area (Å²) in [6.45, 7) is 6.19. The highest BCUT2D eigenvalue weighted by Crippen LogP contribution is 2.20. The van der Waals surface area contributed by atoms with E-state index in [1.807, 2.05) is 0 Å². The summed E-state index contributed by atoms with van der Waals surface area (Å²) in [7, 11) is 0. The highest BCUT2D eigenvalue weighted by Gasteiger charge is 2.22. The standard InChI is InChI=1S/C10H16BrN5/c1-6-4-16(5-7(2)14-6)8-3-13-9(11)10(12)15-8/h3,6-7,14H,4-5H2,1-2H3,(H2,12,15)/t6-,7+. The first-order valence-electron chi connectivity index (χ1n) is 5.35. The zero-order valence-corrected chi connectivity index (χ0v) is 11.0. The molecule has 16 heavy (non-hydrogen) atoms. The van der Waals surface area contributed by atoms with Crippen molar-refractivity contribution in [2.45, 2.75) is 25.9 Å². The van der Waals surface area contributed by atoms with Crippen molar-refractivity contribution in [1.29, 1.82) is 0 Å². The molecule has 6 heteroatoms. The van der Waals surface area contributed by atoms with Crippen molar-refractivity contribution in [1.82, 2.24) is 15.3 Å². The lowest BCUT2D eigenvalue weighted by molar-refractivity contribution is 0.405. The van der Waals surface area contributed by atoms with Crippen molar-refractivity contribution >= 4 is 27.6 Å². The average Bonchev–Trinajstić information content (AvgIpc) is 2.20. The number of hydrogen-bond donors (Lipinski definition) is 2. The van der Waals surface area contributed by atoms with Gasteiger partial charge in [-0.3, -0.25) is 0 Å². The number of hydrogen-bond acceptors (Lipinski definition) is 5. The van der Waals surface area contributed by atoms with Gasteiger partial charge in [-0.25, -0.2) is 9.97 Å². The highest BCUT2D eigenvalue weighted by molar-refractivity contribution is 9.10. The fourth-order valence-corrected chi connectivity index (χ4v) is 2.24. The van der Waals surface area contributed by atoms with E-state index >= 15 is 0 Å². The Morgan fingerprint density at radius 2 is 2.06 bits per heavy atom. The van der Waals surface area contributed by atoms with E-state index in [1.165, 1.54) is 0 Å². The fraction of sp³-hybridized carbons (Fsp3) is 0.600. The second-order valence-corrected chi connectivity index (χ2v) is 5.03. The number of anilines is 2. The number of piperazine rings is 1. The zero-order chi connectivity index (χ0) is 11.7. The quantitative estimate of drug-likeness (QED) is 0.806. The Balaban J connectivity index is 2.19. The molecule has 0 aromatic carbocycles. The third-order valence-corrected chi connectivity index (χ3v) is 3.23. The molecule has 0 unspecified atom stereocenters. The maximum Gasteiger partial charge on any atom is 0.159 e. The molecule has 2 heterocycles. The molecule has 5 nitrogen and oxygen atoms in total. The van der Waals surface area contributed by atoms with Gasteiger partial charge in [0.25, 0.3) is 0 Å². The van der Waals surface area contributed by atoms with Crippen LogP contribution < -0.4 is 16.0 Å². The highest BCUT2D eigenvalue weighted by atomic mass is 79.9. The van der Waals surface area contributed by atoms with E-state index in [-0.39, 0.29) is 0 Å². The third kappa shape index (κ3) is 2.44. The van der Waals surface area contributed by atoms with Crippen LogP contribution in [0.2, 0.25) is 0 Å². The summed E-state index contributed by atoms with van der Waals surface area (Å²) in [5.41, 5.74) is 5.73. The Bertz CT molecular complexity index is 373. The number of halogens is 1. The van der Waals surface area contributed by atoms with E-state index in [0.717, 1.165) is 18.9 Å². The fourth-order valence-electron chi connectivity index (χ4n) is 2.05. The van der Waals surface area contributed by atoms with Gasteiger partial charge in [-0.1, -0.05) is 0 Å². The van der Waals surface area contributed by atoms with Gasteiger partial charge in [-0.05, 0) is 29.8 Å². The molecule has 2 rings (SSSR count). The van der Waals surface area contributed by atoms with E-state index in [2.05, 4.69) is 50.0 Å². The predicted octanol–water partition coefficient (Wildman–Crippen LogP) is 1.01. The van der Waals surface area contributed by atoms with Crippen LogP contribution >= 0.6 is 15.9 Å². The van der Waals surface area contributed by atoms with Crippen LogP contribution in [0.4, 0.5) is 11.6 Å². The van der Waals surface area contributed by atoms with E-state index in [9.17, 15) is 0 Å². The lowest BCUT2D eigenvalue weighted by Gasteiger charge is -2.36. The Morgan fingerprint density at radius 3 is 2.62 bits per heavy atom. The van der Waals surface area contributed by atoms with E-state index in [1.54, 1.807) is 6.20 Å². The number of nitrogens with two attached hydrogens (primary N) is 1. The Hall–Kier alpha value is -0.880. The monoisotopic (exact) mass is 285 g/mol. The maximum atomic E-state index is 5.73. The molecule has 3 N–H and O–H groups in total. The summed E-state index contributed by atoms with van der Waals surface area (Å²) in [4.78, 5) is 10.7. The van der Waals surface area contributed by atoms with Gasteiger partial charge in [-0.15, -0.1) is 0 Å². The third-order valence-electron chi connectivity index (χ3n) is 2.62. The Kier molecular flexibility index (Phi) is 3.30. The smallest absolute Gasteiger partial charge is 0.159 e. The van der Waals surface area contributed by atoms with Gasteiger partial charge in [0.1, 0.15) is 10.4 Å². The molecule has 2 atom stereocenters. The van der Waals surface area contributed by atoms with Crippen molar-refractivity contribution < 1.29 is 0 Å². The summed E-state index contributed by atoms with van der Waals surface area (Å²) in [6, 6.07) is 0.908. The van der Waals surface area contributed by atoms with Crippen molar-refractivity contribution in [3.05, 3.63) is 10.8 Å². The van der Waals surface area contributed by atoms with E-state index in [0.29, 0.717) is 22.5 Å². The summed E-state index contributed by atoms with van der Waals surface area (Å²) < 4.78 is 0.604. The van der Waals surface area contributed by atoms with Gasteiger partial charge in [0.05, 0.1) is 6.20 Å². The molecule has 1 aliphatic rings. The Labute approximate surface area is 104 Å². The summed E-state index contributed by atoms with van der Waals surface area (Å²) in [5, 5.41) is 3.47. The molecule has 1 aliphatic heterocycles.